The Morgan fingerprint density at radius 2 is 1.52 bits per heavy atom. The number of alkyl halides is 1. The predicted molar refractivity (Wildman–Crippen MR) is 103 cm³/mol. The fourth-order valence-electron chi connectivity index (χ4n) is 1.92. The van der Waals surface area contributed by atoms with Gasteiger partial charge in [-0.3, -0.25) is 0 Å². The van der Waals surface area contributed by atoms with Crippen molar-refractivity contribution in [3.05, 3.63) is 0 Å². The normalized spacial score (nSPS) is 12.7. The van der Waals surface area contributed by atoms with Gasteiger partial charge in [-0.25, -0.2) is 14.4 Å². The number of carbonyl (C=O) groups is 3. The molecule has 8 nitrogen and oxygen atoms in total. The highest BCUT2D eigenvalue weighted by molar-refractivity contribution is 6.18. The molecule has 0 aromatic heterocycles. The van der Waals surface area contributed by atoms with Gasteiger partial charge in [-0.2, -0.15) is 0 Å². The fraction of sp³-hybridized carbons (Fsp3) is 0.833. The molecule has 27 heavy (non-hydrogen) atoms. The summed E-state index contributed by atoms with van der Waals surface area (Å²) in [6, 6.07) is -0.831. The number of rotatable bonds is 9. The van der Waals surface area contributed by atoms with E-state index >= 15 is 0 Å². The number of esters is 1. The summed E-state index contributed by atoms with van der Waals surface area (Å²) in [4.78, 5) is 35.7. The molecule has 0 bridgehead atoms. The van der Waals surface area contributed by atoms with Crippen molar-refractivity contribution in [1.82, 2.24) is 10.6 Å². The van der Waals surface area contributed by atoms with Crippen molar-refractivity contribution in [2.75, 3.05) is 19.0 Å². The lowest BCUT2D eigenvalue weighted by Gasteiger charge is -2.26. The van der Waals surface area contributed by atoms with Crippen LogP contribution < -0.4 is 10.6 Å². The molecule has 2 amide bonds. The van der Waals surface area contributed by atoms with Crippen LogP contribution in [0.5, 0.6) is 0 Å². The van der Waals surface area contributed by atoms with Crippen LogP contribution in [0.3, 0.4) is 0 Å². The zero-order valence-corrected chi connectivity index (χ0v) is 17.9. The summed E-state index contributed by atoms with van der Waals surface area (Å²) in [5.41, 5.74) is -1.34. The number of hydrogen-bond donors (Lipinski definition) is 2. The van der Waals surface area contributed by atoms with Crippen molar-refractivity contribution in [3.8, 4) is 0 Å². The van der Waals surface area contributed by atoms with E-state index in [0.29, 0.717) is 25.8 Å². The van der Waals surface area contributed by atoms with Crippen molar-refractivity contribution in [3.63, 3.8) is 0 Å². The van der Waals surface area contributed by atoms with Crippen LogP contribution in [-0.4, -0.2) is 54.4 Å². The van der Waals surface area contributed by atoms with E-state index in [0.717, 1.165) is 0 Å². The monoisotopic (exact) mass is 408 g/mol. The van der Waals surface area contributed by atoms with Crippen LogP contribution in [0.15, 0.2) is 0 Å². The number of carbonyl (C=O) groups excluding carboxylic acids is 3. The molecule has 1 unspecified atom stereocenters. The van der Waals surface area contributed by atoms with E-state index in [1.54, 1.807) is 41.5 Å². The third-order valence-corrected chi connectivity index (χ3v) is 3.04. The van der Waals surface area contributed by atoms with Crippen molar-refractivity contribution in [1.29, 1.82) is 0 Å². The lowest BCUT2D eigenvalue weighted by molar-refractivity contribution is -0.157. The van der Waals surface area contributed by atoms with E-state index in [1.165, 1.54) is 0 Å². The SMILES string of the molecule is CC(C)(C)OC(=O)NC(CCCCNC(=O)OCCCl)C(=O)OC(C)(C)C. The molecular weight excluding hydrogens is 376 g/mol. The van der Waals surface area contributed by atoms with Gasteiger partial charge in [0, 0.05) is 6.54 Å². The Morgan fingerprint density at radius 3 is 2.04 bits per heavy atom. The minimum Gasteiger partial charge on any atom is -0.458 e. The fourth-order valence-corrected chi connectivity index (χ4v) is 2.00. The quantitative estimate of drug-likeness (QED) is 0.262. The standard InChI is InChI=1S/C18H33ClN2O6/c1-17(2,3)26-14(22)13(21-16(24)27-18(4,5)6)9-7-8-11-20-15(23)25-12-10-19/h13H,7-12H2,1-6H3,(H,20,23)(H,21,24). The van der Waals surface area contributed by atoms with Crippen molar-refractivity contribution >= 4 is 29.8 Å². The highest BCUT2D eigenvalue weighted by Gasteiger charge is 2.28. The lowest BCUT2D eigenvalue weighted by Crippen LogP contribution is -2.46. The molecule has 1 atom stereocenters. The van der Waals surface area contributed by atoms with Crippen LogP contribution >= 0.6 is 11.6 Å². The summed E-state index contributed by atoms with van der Waals surface area (Å²) >= 11 is 5.43. The molecule has 2 N–H and O–H groups in total. The van der Waals surface area contributed by atoms with E-state index in [9.17, 15) is 14.4 Å². The van der Waals surface area contributed by atoms with Crippen LogP contribution in [-0.2, 0) is 19.0 Å². The maximum atomic E-state index is 12.4. The molecule has 0 aromatic rings. The topological polar surface area (TPSA) is 103 Å². The Kier molecular flexibility index (Phi) is 11.1. The van der Waals surface area contributed by atoms with Gasteiger partial charge in [-0.15, -0.1) is 11.6 Å². The summed E-state index contributed by atoms with van der Waals surface area (Å²) in [6.07, 6.45) is 0.320. The molecule has 0 aliphatic heterocycles. The van der Waals surface area contributed by atoms with Gasteiger partial charge in [-0.05, 0) is 60.8 Å². The average molecular weight is 409 g/mol. The van der Waals surface area contributed by atoms with Gasteiger partial charge in [0.25, 0.3) is 0 Å². The first-order valence-electron chi connectivity index (χ1n) is 9.03. The van der Waals surface area contributed by atoms with E-state index in [4.69, 9.17) is 25.8 Å². The molecule has 0 fully saturated rings. The van der Waals surface area contributed by atoms with Gasteiger partial charge in [-0.1, -0.05) is 0 Å². The second-order valence-corrected chi connectivity index (χ2v) is 8.36. The van der Waals surface area contributed by atoms with Crippen LogP contribution in [0.2, 0.25) is 0 Å². The van der Waals surface area contributed by atoms with Gasteiger partial charge in [0.2, 0.25) is 0 Å². The number of amides is 2. The Labute approximate surface area is 166 Å². The number of ether oxygens (including phenoxy) is 3. The molecule has 0 saturated carbocycles. The van der Waals surface area contributed by atoms with Crippen LogP contribution in [0, 0.1) is 0 Å². The maximum absolute atomic E-state index is 12.4. The van der Waals surface area contributed by atoms with Gasteiger partial charge >= 0.3 is 18.2 Å². The Bertz CT molecular complexity index is 485. The van der Waals surface area contributed by atoms with E-state index in [1.807, 2.05) is 0 Å². The van der Waals surface area contributed by atoms with Crippen molar-refractivity contribution in [2.45, 2.75) is 78.0 Å². The van der Waals surface area contributed by atoms with Crippen LogP contribution in [0.4, 0.5) is 9.59 Å². The lowest BCUT2D eigenvalue weighted by atomic mass is 10.1. The number of alkyl carbamates (subject to hydrolysis) is 2. The minimum atomic E-state index is -0.831. The molecule has 0 radical (unpaired) electrons. The van der Waals surface area contributed by atoms with Crippen molar-refractivity contribution < 1.29 is 28.6 Å². The second kappa shape index (κ2) is 11.9. The summed E-state index contributed by atoms with van der Waals surface area (Å²) in [5, 5.41) is 5.14. The Hall–Kier alpha value is -1.70. The average Bonchev–Trinajstić information content (AvgIpc) is 2.47. The third kappa shape index (κ3) is 15.1. The van der Waals surface area contributed by atoms with Crippen LogP contribution in [0.1, 0.15) is 60.8 Å². The molecule has 0 aliphatic carbocycles. The summed E-state index contributed by atoms with van der Waals surface area (Å²) < 4.78 is 15.3. The van der Waals surface area contributed by atoms with Gasteiger partial charge < -0.3 is 24.8 Å². The second-order valence-electron chi connectivity index (χ2n) is 7.98. The first kappa shape index (κ1) is 25.3. The molecule has 158 valence electrons. The van der Waals surface area contributed by atoms with E-state index in [2.05, 4.69) is 10.6 Å². The Morgan fingerprint density at radius 1 is 0.926 bits per heavy atom. The van der Waals surface area contributed by atoms with Gasteiger partial charge in [0.15, 0.2) is 0 Å². The summed E-state index contributed by atoms with van der Waals surface area (Å²) in [6.45, 7) is 11.0. The smallest absolute Gasteiger partial charge is 0.408 e. The third-order valence-electron chi connectivity index (χ3n) is 2.88. The Balaban J connectivity index is 4.52. The molecule has 0 rings (SSSR count). The molecular formula is C18H33ClN2O6. The van der Waals surface area contributed by atoms with Crippen molar-refractivity contribution in [2.24, 2.45) is 0 Å². The molecule has 0 heterocycles. The first-order chi connectivity index (χ1) is 12.3. The molecule has 0 aliphatic rings. The number of nitrogens with one attached hydrogen (secondary N) is 2. The number of unbranched alkanes of at least 4 members (excludes halogenated alkanes) is 1. The van der Waals surface area contributed by atoms with Gasteiger partial charge in [0.05, 0.1) is 5.88 Å². The zero-order chi connectivity index (χ0) is 21.1. The van der Waals surface area contributed by atoms with Crippen LogP contribution in [0.25, 0.3) is 0 Å². The molecule has 0 saturated heterocycles. The maximum Gasteiger partial charge on any atom is 0.408 e. The summed E-state index contributed by atoms with van der Waals surface area (Å²) in [5.74, 6) is -0.288. The zero-order valence-electron chi connectivity index (χ0n) is 17.1. The van der Waals surface area contributed by atoms with Gasteiger partial charge in [0.1, 0.15) is 23.9 Å². The van der Waals surface area contributed by atoms with E-state index in [-0.39, 0.29) is 12.5 Å². The largest absolute Gasteiger partial charge is 0.458 e. The first-order valence-corrected chi connectivity index (χ1v) is 9.56. The minimum absolute atomic E-state index is 0.147. The molecule has 0 aromatic carbocycles. The number of halogens is 1. The summed E-state index contributed by atoms with van der Waals surface area (Å²) in [7, 11) is 0. The predicted octanol–water partition coefficient (Wildman–Crippen LogP) is 3.36. The molecule has 0 spiro atoms. The van der Waals surface area contributed by atoms with E-state index < -0.39 is 35.4 Å². The highest BCUT2D eigenvalue weighted by Crippen LogP contribution is 2.13. The molecule has 9 heteroatoms. The number of hydrogen-bond acceptors (Lipinski definition) is 6. The highest BCUT2D eigenvalue weighted by atomic mass is 35.5.